The number of ketones is 2. The molecule has 1 amide bonds. The second-order valence-electron chi connectivity index (χ2n) is 11.1. The normalized spacial score (nSPS) is 22.6. The number of benzene rings is 4. The van der Waals surface area contributed by atoms with Crippen molar-refractivity contribution in [2.45, 2.75) is 17.5 Å². The highest BCUT2D eigenvalue weighted by Gasteiger charge is 2.70. The molecule has 8 nitrogen and oxygen atoms in total. The van der Waals surface area contributed by atoms with E-state index in [2.05, 4.69) is 5.32 Å². The highest BCUT2D eigenvalue weighted by molar-refractivity contribution is 6.18. The minimum atomic E-state index is -1.39. The van der Waals surface area contributed by atoms with Gasteiger partial charge in [0.25, 0.3) is 0 Å². The maximum absolute atomic E-state index is 14.9. The molecule has 7 rings (SSSR count). The zero-order valence-corrected chi connectivity index (χ0v) is 24.4. The number of carbonyl (C=O) groups is 3. The number of amides is 1. The summed E-state index contributed by atoms with van der Waals surface area (Å²) in [6.07, 6.45) is 3.94. The van der Waals surface area contributed by atoms with Crippen molar-refractivity contribution in [2.75, 3.05) is 31.5 Å². The zero-order chi connectivity index (χ0) is 30.6. The fourth-order valence-corrected chi connectivity index (χ4v) is 7.21. The summed E-state index contributed by atoms with van der Waals surface area (Å²) in [5.74, 6) is -0.540. The first-order valence-corrected chi connectivity index (χ1v) is 14.3. The maximum atomic E-state index is 14.9. The third kappa shape index (κ3) is 3.80. The number of nitrogens with zero attached hydrogens (tertiary/aromatic N) is 1. The number of methoxy groups -OCH3 is 3. The lowest BCUT2D eigenvalue weighted by Gasteiger charge is -2.37. The topological polar surface area (TPSA) is 94.2 Å². The summed E-state index contributed by atoms with van der Waals surface area (Å²) in [6, 6.07) is 25.3. The molecule has 4 atom stereocenters. The van der Waals surface area contributed by atoms with Crippen LogP contribution in [0.15, 0.2) is 97.1 Å². The van der Waals surface area contributed by atoms with Crippen LogP contribution in [0, 0.1) is 5.92 Å². The van der Waals surface area contributed by atoms with Gasteiger partial charge in [-0.1, -0.05) is 48.6 Å². The van der Waals surface area contributed by atoms with Gasteiger partial charge in [-0.15, -0.1) is 0 Å². The van der Waals surface area contributed by atoms with Gasteiger partial charge in [-0.25, -0.2) is 0 Å². The molecule has 0 radical (unpaired) electrons. The van der Waals surface area contributed by atoms with Crippen LogP contribution in [0.1, 0.15) is 31.8 Å². The molecule has 0 unspecified atom stereocenters. The fraction of sp³-hybridized carbons (Fsp3) is 0.194. The van der Waals surface area contributed by atoms with E-state index in [1.807, 2.05) is 65.6 Å². The summed E-state index contributed by atoms with van der Waals surface area (Å²) < 4.78 is 16.3. The lowest BCUT2D eigenvalue weighted by molar-refractivity contribution is -0.121. The number of ether oxygens (including phenoxy) is 3. The molecule has 4 aromatic rings. The molecule has 1 saturated heterocycles. The van der Waals surface area contributed by atoms with Crippen molar-refractivity contribution in [1.29, 1.82) is 0 Å². The predicted octanol–water partition coefficient (Wildman–Crippen LogP) is 5.57. The average Bonchev–Trinajstić information content (AvgIpc) is 3.55. The second-order valence-corrected chi connectivity index (χ2v) is 11.1. The number of fused-ring (bicyclic) bond motifs is 6. The molecule has 8 heteroatoms. The Bertz CT molecular complexity index is 1850. The Kier molecular flexibility index (Phi) is 6.50. The SMILES string of the molecule is COc1ccc(C(=O)[C@H]2[C@H](C(=O)c3ccc(OC)c(OC)c3)N3c4ccccc4C=C[C@@H]3[C@]23C(=O)Nc2ccccc23)cc1. The van der Waals surface area contributed by atoms with Crippen molar-refractivity contribution in [3.8, 4) is 17.2 Å². The number of hydrogen-bond acceptors (Lipinski definition) is 7. The first-order chi connectivity index (χ1) is 21.4. The predicted molar refractivity (Wildman–Crippen MR) is 167 cm³/mol. The monoisotopic (exact) mass is 586 g/mol. The van der Waals surface area contributed by atoms with E-state index in [1.165, 1.54) is 14.2 Å². The molecule has 3 aliphatic rings. The van der Waals surface area contributed by atoms with E-state index in [0.717, 1.165) is 11.3 Å². The summed E-state index contributed by atoms with van der Waals surface area (Å²) >= 11 is 0. The lowest BCUT2D eigenvalue weighted by atomic mass is 9.64. The summed E-state index contributed by atoms with van der Waals surface area (Å²) in [4.78, 5) is 46.3. The molecule has 1 N–H and O–H groups in total. The van der Waals surface area contributed by atoms with E-state index in [1.54, 1.807) is 49.6 Å². The van der Waals surface area contributed by atoms with Gasteiger partial charge in [-0.2, -0.15) is 0 Å². The number of para-hydroxylation sites is 2. The molecule has 3 heterocycles. The number of nitrogens with one attached hydrogen (secondary N) is 1. The van der Waals surface area contributed by atoms with Gasteiger partial charge in [-0.05, 0) is 65.7 Å². The van der Waals surface area contributed by atoms with Crippen LogP contribution in [0.2, 0.25) is 0 Å². The Morgan fingerprint density at radius 1 is 0.773 bits per heavy atom. The molecule has 0 saturated carbocycles. The third-order valence-corrected chi connectivity index (χ3v) is 9.14. The zero-order valence-electron chi connectivity index (χ0n) is 24.4. The Morgan fingerprint density at radius 3 is 2.23 bits per heavy atom. The summed E-state index contributed by atoms with van der Waals surface area (Å²) in [6.45, 7) is 0. The van der Waals surface area contributed by atoms with Gasteiger partial charge < -0.3 is 24.4 Å². The van der Waals surface area contributed by atoms with Gasteiger partial charge in [0.05, 0.1) is 33.3 Å². The van der Waals surface area contributed by atoms with Crippen LogP contribution in [-0.4, -0.2) is 50.9 Å². The van der Waals surface area contributed by atoms with Crippen molar-refractivity contribution in [2.24, 2.45) is 5.92 Å². The second kappa shape index (κ2) is 10.4. The minimum absolute atomic E-state index is 0.304. The van der Waals surface area contributed by atoms with Gasteiger partial charge in [0.2, 0.25) is 5.91 Å². The van der Waals surface area contributed by atoms with Crippen LogP contribution in [0.3, 0.4) is 0 Å². The van der Waals surface area contributed by atoms with Crippen LogP contribution in [0.4, 0.5) is 11.4 Å². The quantitative estimate of drug-likeness (QED) is 0.283. The molecular formula is C36H30N2O6. The first kappa shape index (κ1) is 27.5. The summed E-state index contributed by atoms with van der Waals surface area (Å²) in [5, 5.41) is 3.05. The number of Topliss-reactive ketones (excluding diaryl/α,β-unsaturated/α-hetero) is 2. The number of anilines is 2. The van der Waals surface area contributed by atoms with Crippen molar-refractivity contribution in [1.82, 2.24) is 0 Å². The molecule has 0 bridgehead atoms. The Balaban J connectivity index is 1.51. The van der Waals surface area contributed by atoms with E-state index >= 15 is 0 Å². The fourth-order valence-electron chi connectivity index (χ4n) is 7.21. The molecule has 4 aromatic carbocycles. The molecule has 3 aliphatic heterocycles. The van der Waals surface area contributed by atoms with Gasteiger partial charge in [0.15, 0.2) is 23.1 Å². The highest BCUT2D eigenvalue weighted by atomic mass is 16.5. The van der Waals surface area contributed by atoms with Gasteiger partial charge in [-0.3, -0.25) is 14.4 Å². The van der Waals surface area contributed by atoms with E-state index in [9.17, 15) is 14.4 Å². The maximum Gasteiger partial charge on any atom is 0.238 e. The summed E-state index contributed by atoms with van der Waals surface area (Å²) in [5.41, 5.74) is 2.34. The molecule has 1 spiro atoms. The van der Waals surface area contributed by atoms with Crippen molar-refractivity contribution < 1.29 is 28.6 Å². The van der Waals surface area contributed by atoms with Crippen molar-refractivity contribution >= 4 is 34.9 Å². The van der Waals surface area contributed by atoms with E-state index < -0.39 is 23.4 Å². The molecule has 1 fully saturated rings. The average molecular weight is 587 g/mol. The minimum Gasteiger partial charge on any atom is -0.497 e. The van der Waals surface area contributed by atoms with Crippen LogP contribution >= 0.6 is 0 Å². The smallest absolute Gasteiger partial charge is 0.238 e. The highest BCUT2D eigenvalue weighted by Crippen LogP contribution is 2.58. The third-order valence-electron chi connectivity index (χ3n) is 9.14. The van der Waals surface area contributed by atoms with Gasteiger partial charge >= 0.3 is 0 Å². The van der Waals surface area contributed by atoms with E-state index in [4.69, 9.17) is 14.2 Å². The molecule has 44 heavy (non-hydrogen) atoms. The number of carbonyl (C=O) groups excluding carboxylic acids is 3. The van der Waals surface area contributed by atoms with Crippen LogP contribution in [-0.2, 0) is 10.2 Å². The largest absolute Gasteiger partial charge is 0.497 e. The first-order valence-electron chi connectivity index (χ1n) is 14.3. The van der Waals surface area contributed by atoms with E-state index in [-0.39, 0.29) is 17.5 Å². The van der Waals surface area contributed by atoms with Crippen LogP contribution in [0.25, 0.3) is 6.08 Å². The van der Waals surface area contributed by atoms with Crippen LogP contribution < -0.4 is 24.4 Å². The lowest BCUT2D eigenvalue weighted by Crippen LogP contribution is -2.51. The van der Waals surface area contributed by atoms with Crippen molar-refractivity contribution in [3.63, 3.8) is 0 Å². The van der Waals surface area contributed by atoms with Crippen molar-refractivity contribution in [3.05, 3.63) is 119 Å². The number of hydrogen-bond donors (Lipinski definition) is 1. The Labute approximate surface area is 254 Å². The summed E-state index contributed by atoms with van der Waals surface area (Å²) in [7, 11) is 4.59. The molecule has 0 aliphatic carbocycles. The van der Waals surface area contributed by atoms with E-state index in [0.29, 0.717) is 39.6 Å². The standard InChI is InChI=1S/C36H30N2O6/c1-42-24-16-12-22(13-17-24)33(39)31-32(34(40)23-14-18-28(43-2)29(20-23)44-3)38-27-11-7-4-8-21(27)15-19-30(38)36(31)25-9-5-6-10-26(25)37-35(36)41/h4-20,30-32H,1-3H3,(H,37,41)/t30-,31-,32-,36+/m1/s1. The van der Waals surface area contributed by atoms with Gasteiger partial charge in [0.1, 0.15) is 17.2 Å². The number of rotatable bonds is 7. The molecule has 220 valence electrons. The Morgan fingerprint density at radius 2 is 1.48 bits per heavy atom. The molecular weight excluding hydrogens is 556 g/mol. The Hall–Kier alpha value is -5.37. The van der Waals surface area contributed by atoms with Gasteiger partial charge in [0, 0.05) is 22.5 Å². The van der Waals surface area contributed by atoms with Crippen LogP contribution in [0.5, 0.6) is 17.2 Å². The molecule has 0 aromatic heterocycles.